The maximum Gasteiger partial charge on any atom is 0.275 e. The van der Waals surface area contributed by atoms with Crippen molar-refractivity contribution in [3.05, 3.63) is 59.9 Å². The fourth-order valence-electron chi connectivity index (χ4n) is 4.57. The summed E-state index contributed by atoms with van der Waals surface area (Å²) in [5.74, 6) is 0.332. The van der Waals surface area contributed by atoms with Gasteiger partial charge in [0, 0.05) is 59.1 Å². The van der Waals surface area contributed by atoms with E-state index in [1.807, 2.05) is 12.1 Å². The van der Waals surface area contributed by atoms with Crippen LogP contribution in [0.3, 0.4) is 0 Å². The van der Waals surface area contributed by atoms with E-state index in [0.29, 0.717) is 16.7 Å². The van der Waals surface area contributed by atoms with Crippen LogP contribution in [0.1, 0.15) is 30.3 Å². The van der Waals surface area contributed by atoms with Crippen LogP contribution in [-0.2, 0) is 4.74 Å². The van der Waals surface area contributed by atoms with Crippen LogP contribution in [0.4, 0.5) is 11.6 Å². The molecule has 2 saturated heterocycles. The fraction of sp³-hybridized carbons (Fsp3) is 0.375. The molecule has 9 nitrogen and oxygen atoms in total. The summed E-state index contributed by atoms with van der Waals surface area (Å²) in [6.07, 6.45) is 10.0. The zero-order valence-electron chi connectivity index (χ0n) is 19.2. The van der Waals surface area contributed by atoms with Crippen LogP contribution in [-0.4, -0.2) is 57.7 Å². The minimum absolute atomic E-state index is 0.0655. The molecule has 1 spiro atoms. The Morgan fingerprint density at radius 3 is 2.63 bits per heavy atom. The molecule has 35 heavy (non-hydrogen) atoms. The number of carbonyl (C=O) groups excluding carboxylic acids is 1. The van der Waals surface area contributed by atoms with E-state index in [1.54, 1.807) is 18.5 Å². The average Bonchev–Trinajstić information content (AvgIpc) is 3.16. The number of ether oxygens (including phenoxy) is 1. The Bertz CT molecular complexity index is 1190. The number of halogens is 1. The Labute approximate surface area is 212 Å². The molecule has 11 heteroatoms. The summed E-state index contributed by atoms with van der Waals surface area (Å²) in [4.78, 5) is 33.4. The molecular weight excluding hydrogens is 486 g/mol. The molecule has 0 bridgehead atoms. The Morgan fingerprint density at radius 1 is 1.20 bits per heavy atom. The summed E-state index contributed by atoms with van der Waals surface area (Å²) in [6.45, 7) is 4.50. The molecule has 2 aromatic heterocycles. The number of nitrogens with zero attached hydrogens (tertiary/aromatic N) is 5. The molecule has 5 rings (SSSR count). The zero-order chi connectivity index (χ0) is 24.4. The molecule has 0 saturated carbocycles. The maximum atomic E-state index is 12.4. The second-order valence-corrected chi connectivity index (χ2v) is 10.4. The van der Waals surface area contributed by atoms with Gasteiger partial charge in [-0.15, -0.1) is 0 Å². The highest BCUT2D eigenvalue weighted by Gasteiger charge is 2.47. The van der Waals surface area contributed by atoms with Gasteiger partial charge in [-0.2, -0.15) is 0 Å². The third-order valence-corrected chi connectivity index (χ3v) is 8.26. The van der Waals surface area contributed by atoms with Crippen LogP contribution in [0.5, 0.6) is 0 Å². The number of amides is 1. The highest BCUT2D eigenvalue weighted by atomic mass is 35.5. The van der Waals surface area contributed by atoms with E-state index >= 15 is 0 Å². The van der Waals surface area contributed by atoms with Gasteiger partial charge in [0.2, 0.25) is 5.95 Å². The van der Waals surface area contributed by atoms with Crippen molar-refractivity contribution in [1.29, 1.82) is 0 Å². The number of benzene rings is 1. The van der Waals surface area contributed by atoms with E-state index < -0.39 is 0 Å². The Hall–Kier alpha value is -2.79. The molecule has 2 atom stereocenters. The first kappa shape index (κ1) is 23.9. The minimum atomic E-state index is -0.377. The second-order valence-electron chi connectivity index (χ2n) is 8.87. The standard InChI is InChI=1S/C24H26ClN7O2S/c1-15-21(26)24(14-34-15)5-9-32(10-6-24)23-29-11-16(12-30-23)35-19-4-2-3-17(20(19)25)31-22(33)18-13-27-7-8-28-18/h2-4,7-8,11-13,15,21H,5-6,9-10,14,26H2,1H3,(H,31,33)/t15-,21+/m0/s1. The third-order valence-electron chi connectivity index (χ3n) is 6.74. The van der Waals surface area contributed by atoms with Gasteiger partial charge >= 0.3 is 0 Å². The summed E-state index contributed by atoms with van der Waals surface area (Å²) in [6, 6.07) is 5.54. The number of rotatable bonds is 5. The van der Waals surface area contributed by atoms with Crippen LogP contribution in [0.2, 0.25) is 5.02 Å². The van der Waals surface area contributed by atoms with Crippen LogP contribution >= 0.6 is 23.4 Å². The van der Waals surface area contributed by atoms with Crippen molar-refractivity contribution in [2.24, 2.45) is 11.1 Å². The first-order chi connectivity index (χ1) is 16.9. The Balaban J connectivity index is 1.22. The number of aromatic nitrogens is 4. The first-order valence-electron chi connectivity index (χ1n) is 11.4. The van der Waals surface area contributed by atoms with Crippen molar-refractivity contribution in [2.75, 3.05) is 29.9 Å². The molecule has 2 aliphatic rings. The summed E-state index contributed by atoms with van der Waals surface area (Å²) in [7, 11) is 0. The molecule has 0 unspecified atom stereocenters. The van der Waals surface area contributed by atoms with Gasteiger partial charge in [0.25, 0.3) is 5.91 Å². The first-order valence-corrected chi connectivity index (χ1v) is 12.6. The lowest BCUT2D eigenvalue weighted by Gasteiger charge is -2.41. The van der Waals surface area contributed by atoms with Gasteiger partial charge in [0.1, 0.15) is 5.69 Å². The molecule has 1 amide bonds. The summed E-state index contributed by atoms with van der Waals surface area (Å²) in [5, 5.41) is 3.22. The predicted molar refractivity (Wildman–Crippen MR) is 135 cm³/mol. The molecule has 0 radical (unpaired) electrons. The van der Waals surface area contributed by atoms with Crippen molar-refractivity contribution < 1.29 is 9.53 Å². The van der Waals surface area contributed by atoms with Crippen LogP contribution in [0, 0.1) is 5.41 Å². The van der Waals surface area contributed by atoms with Crippen LogP contribution < -0.4 is 16.0 Å². The van der Waals surface area contributed by atoms with Crippen molar-refractivity contribution in [3.8, 4) is 0 Å². The van der Waals surface area contributed by atoms with Crippen LogP contribution in [0.15, 0.2) is 59.0 Å². The van der Waals surface area contributed by atoms with Gasteiger partial charge in [-0.25, -0.2) is 15.0 Å². The normalized spacial score (nSPS) is 21.3. The molecule has 3 N–H and O–H groups in total. The molecular formula is C24H26ClN7O2S. The quantitative estimate of drug-likeness (QED) is 0.528. The van der Waals surface area contributed by atoms with E-state index in [2.05, 4.69) is 37.1 Å². The van der Waals surface area contributed by atoms with Gasteiger partial charge in [0.05, 0.1) is 29.6 Å². The minimum Gasteiger partial charge on any atom is -0.376 e. The lowest BCUT2D eigenvalue weighted by Crippen LogP contribution is -2.50. The molecule has 2 aliphatic heterocycles. The highest BCUT2D eigenvalue weighted by Crippen LogP contribution is 2.42. The topological polar surface area (TPSA) is 119 Å². The number of piperidine rings is 1. The van der Waals surface area contributed by atoms with Crippen molar-refractivity contribution in [3.63, 3.8) is 0 Å². The lowest BCUT2D eigenvalue weighted by molar-refractivity contribution is 0.0973. The second kappa shape index (κ2) is 10.1. The molecule has 2 fully saturated rings. The summed E-state index contributed by atoms with van der Waals surface area (Å²) in [5.41, 5.74) is 7.20. The third kappa shape index (κ3) is 4.97. The Kier molecular flexibility index (Phi) is 6.88. The number of hydrogen-bond acceptors (Lipinski definition) is 9. The fourth-order valence-corrected chi connectivity index (χ4v) is 5.67. The smallest absolute Gasteiger partial charge is 0.275 e. The Morgan fingerprint density at radius 2 is 1.97 bits per heavy atom. The number of nitrogens with two attached hydrogens (primary N) is 1. The zero-order valence-corrected chi connectivity index (χ0v) is 20.8. The van der Waals surface area contributed by atoms with Crippen LogP contribution in [0.25, 0.3) is 0 Å². The maximum absolute atomic E-state index is 12.4. The van der Waals surface area contributed by atoms with Crippen molar-refractivity contribution in [2.45, 2.75) is 41.7 Å². The predicted octanol–water partition coefficient (Wildman–Crippen LogP) is 3.66. The van der Waals surface area contributed by atoms with E-state index in [9.17, 15) is 4.79 Å². The molecule has 4 heterocycles. The van der Waals surface area contributed by atoms with E-state index in [-0.39, 0.29) is 29.2 Å². The SMILES string of the molecule is C[C@@H]1OCC2(CCN(c3ncc(Sc4cccc(NC(=O)c5cnccn5)c4Cl)cn3)CC2)[C@@H]1N. The van der Waals surface area contributed by atoms with Gasteiger partial charge in [-0.3, -0.25) is 9.78 Å². The highest BCUT2D eigenvalue weighted by molar-refractivity contribution is 7.99. The van der Waals surface area contributed by atoms with Gasteiger partial charge in [0.15, 0.2) is 0 Å². The number of hydrogen-bond donors (Lipinski definition) is 2. The number of carbonyl (C=O) groups is 1. The average molecular weight is 512 g/mol. The molecule has 182 valence electrons. The van der Waals surface area contributed by atoms with Crippen molar-refractivity contribution in [1.82, 2.24) is 19.9 Å². The van der Waals surface area contributed by atoms with E-state index in [0.717, 1.165) is 42.3 Å². The van der Waals surface area contributed by atoms with Gasteiger partial charge < -0.3 is 20.7 Å². The molecule has 3 aromatic rings. The monoisotopic (exact) mass is 511 g/mol. The largest absolute Gasteiger partial charge is 0.376 e. The summed E-state index contributed by atoms with van der Waals surface area (Å²) < 4.78 is 5.82. The van der Waals surface area contributed by atoms with Gasteiger partial charge in [-0.1, -0.05) is 29.4 Å². The molecule has 0 aliphatic carbocycles. The van der Waals surface area contributed by atoms with Crippen molar-refractivity contribution >= 4 is 40.9 Å². The lowest BCUT2D eigenvalue weighted by atomic mass is 9.73. The number of anilines is 2. The van der Waals surface area contributed by atoms with E-state index in [1.165, 1.54) is 30.4 Å². The van der Waals surface area contributed by atoms with E-state index in [4.69, 9.17) is 22.1 Å². The summed E-state index contributed by atoms with van der Waals surface area (Å²) >= 11 is 8.02. The number of nitrogens with one attached hydrogen (secondary N) is 1. The molecule has 1 aromatic carbocycles. The van der Waals surface area contributed by atoms with Gasteiger partial charge in [-0.05, 0) is 31.9 Å².